The molecule has 0 unspecified atom stereocenters. The number of carbonyl (C=O) groups is 2. The largest absolute Gasteiger partial charge is 0.342 e. The molecule has 2 amide bonds. The first-order chi connectivity index (χ1) is 13.9. The van der Waals surface area contributed by atoms with Crippen LogP contribution < -0.4 is 10.6 Å². The first-order valence-corrected chi connectivity index (χ1v) is 9.81. The van der Waals surface area contributed by atoms with Gasteiger partial charge in [-0.3, -0.25) is 9.59 Å². The highest BCUT2D eigenvalue weighted by Gasteiger charge is 2.46. The number of piperazine rings is 1. The van der Waals surface area contributed by atoms with Gasteiger partial charge in [-0.25, -0.2) is 8.78 Å². The number of amides is 2. The quantitative estimate of drug-likeness (QED) is 0.782. The Morgan fingerprint density at radius 2 is 1.90 bits per heavy atom. The number of nitrogens with one attached hydrogen (secondary N) is 2. The Kier molecular flexibility index (Phi) is 5.52. The van der Waals surface area contributed by atoms with Crippen molar-refractivity contribution in [2.75, 3.05) is 6.54 Å². The van der Waals surface area contributed by atoms with Gasteiger partial charge in [0.25, 0.3) is 0 Å². The first-order valence-electron chi connectivity index (χ1n) is 9.43. The van der Waals surface area contributed by atoms with E-state index in [-0.39, 0.29) is 24.4 Å². The van der Waals surface area contributed by atoms with Crippen molar-refractivity contribution in [1.82, 2.24) is 15.5 Å². The number of rotatable bonds is 5. The molecule has 2 fully saturated rings. The van der Waals surface area contributed by atoms with Gasteiger partial charge >= 0.3 is 0 Å². The zero-order valence-corrected chi connectivity index (χ0v) is 16.3. The number of halogens is 3. The predicted molar refractivity (Wildman–Crippen MR) is 104 cm³/mol. The van der Waals surface area contributed by atoms with Gasteiger partial charge in [-0.2, -0.15) is 0 Å². The molecule has 152 valence electrons. The fourth-order valence-electron chi connectivity index (χ4n) is 3.92. The van der Waals surface area contributed by atoms with Gasteiger partial charge in [0, 0.05) is 42.2 Å². The monoisotopic (exact) mass is 419 g/mol. The van der Waals surface area contributed by atoms with Crippen molar-refractivity contribution in [3.63, 3.8) is 0 Å². The number of fused-ring (bicyclic) bond motifs is 1. The zero-order valence-electron chi connectivity index (χ0n) is 15.5. The number of nitrogens with zero attached hydrogens (tertiary/aromatic N) is 1. The van der Waals surface area contributed by atoms with E-state index in [2.05, 4.69) is 10.6 Å². The standard InChI is InChI=1S/C21H20ClF2N3O2/c22-14-4-1-12(2-5-14)7-18-21(29)27-11-16(9-19(27)20(28)26-18)25-10-13-3-6-15(23)8-17(13)24/h1-6,8,16,18-19,25H,7,9-11H2,(H,26,28)/t16-,18-,19-/m0/s1. The van der Waals surface area contributed by atoms with Gasteiger partial charge in [-0.15, -0.1) is 0 Å². The van der Waals surface area contributed by atoms with Crippen LogP contribution in [0.15, 0.2) is 42.5 Å². The fourth-order valence-corrected chi connectivity index (χ4v) is 4.05. The third kappa shape index (κ3) is 4.26. The Hall–Kier alpha value is -2.51. The fraction of sp³-hybridized carbons (Fsp3) is 0.333. The zero-order chi connectivity index (χ0) is 20.5. The topological polar surface area (TPSA) is 61.4 Å². The molecule has 0 bridgehead atoms. The molecule has 0 saturated carbocycles. The van der Waals surface area contributed by atoms with E-state index in [9.17, 15) is 18.4 Å². The van der Waals surface area contributed by atoms with Gasteiger partial charge in [0.05, 0.1) is 0 Å². The molecule has 4 rings (SSSR count). The van der Waals surface area contributed by atoms with Crippen molar-refractivity contribution in [1.29, 1.82) is 0 Å². The molecule has 2 aliphatic rings. The minimum absolute atomic E-state index is 0.123. The van der Waals surface area contributed by atoms with Gasteiger partial charge in [0.2, 0.25) is 11.8 Å². The van der Waals surface area contributed by atoms with Crippen LogP contribution in [0, 0.1) is 11.6 Å². The molecule has 2 heterocycles. The summed E-state index contributed by atoms with van der Waals surface area (Å²) in [5.74, 6) is -1.55. The van der Waals surface area contributed by atoms with Crippen molar-refractivity contribution < 1.29 is 18.4 Å². The lowest BCUT2D eigenvalue weighted by Crippen LogP contribution is -2.61. The predicted octanol–water partition coefficient (Wildman–Crippen LogP) is 2.42. The Labute approximate surface area is 172 Å². The van der Waals surface area contributed by atoms with Gasteiger partial charge in [0.1, 0.15) is 23.7 Å². The van der Waals surface area contributed by atoms with Crippen molar-refractivity contribution in [2.24, 2.45) is 0 Å². The third-order valence-corrected chi connectivity index (χ3v) is 5.70. The summed E-state index contributed by atoms with van der Waals surface area (Å²) in [7, 11) is 0. The lowest BCUT2D eigenvalue weighted by molar-refractivity contribution is -0.147. The molecule has 0 spiro atoms. The molecule has 0 radical (unpaired) electrons. The van der Waals surface area contributed by atoms with E-state index in [1.165, 1.54) is 12.1 Å². The number of hydrogen-bond acceptors (Lipinski definition) is 3. The van der Waals surface area contributed by atoms with Crippen LogP contribution >= 0.6 is 11.6 Å². The minimum Gasteiger partial charge on any atom is -0.342 e. The molecule has 2 N–H and O–H groups in total. The van der Waals surface area contributed by atoms with Crippen molar-refractivity contribution >= 4 is 23.4 Å². The van der Waals surface area contributed by atoms with Crippen LogP contribution in [-0.4, -0.2) is 41.4 Å². The normalized spacial score (nSPS) is 23.8. The van der Waals surface area contributed by atoms with E-state index in [0.717, 1.165) is 11.6 Å². The van der Waals surface area contributed by atoms with E-state index in [1.54, 1.807) is 17.0 Å². The Balaban J connectivity index is 1.39. The maximum Gasteiger partial charge on any atom is 0.246 e. The first kappa shape index (κ1) is 19.8. The van der Waals surface area contributed by atoms with Gasteiger partial charge < -0.3 is 15.5 Å². The van der Waals surface area contributed by atoms with Gasteiger partial charge in [0.15, 0.2) is 0 Å². The number of carbonyl (C=O) groups excluding carboxylic acids is 2. The highest BCUT2D eigenvalue weighted by atomic mass is 35.5. The van der Waals surface area contributed by atoms with E-state index < -0.39 is 23.7 Å². The van der Waals surface area contributed by atoms with Crippen molar-refractivity contribution in [2.45, 2.75) is 37.5 Å². The summed E-state index contributed by atoms with van der Waals surface area (Å²) in [6.07, 6.45) is 0.845. The molecule has 0 aliphatic carbocycles. The minimum atomic E-state index is -0.627. The summed E-state index contributed by atoms with van der Waals surface area (Å²) in [6.45, 7) is 0.568. The smallest absolute Gasteiger partial charge is 0.246 e. The van der Waals surface area contributed by atoms with Crippen LogP contribution in [0.1, 0.15) is 17.5 Å². The van der Waals surface area contributed by atoms with Crippen LogP contribution in [0.25, 0.3) is 0 Å². The Morgan fingerprint density at radius 3 is 2.62 bits per heavy atom. The van der Waals surface area contributed by atoms with Crippen molar-refractivity contribution in [3.8, 4) is 0 Å². The number of hydrogen-bond donors (Lipinski definition) is 2. The molecule has 0 aromatic heterocycles. The maximum absolute atomic E-state index is 13.8. The molecule has 8 heteroatoms. The second-order valence-electron chi connectivity index (χ2n) is 7.45. The maximum atomic E-state index is 13.8. The second-order valence-corrected chi connectivity index (χ2v) is 7.88. The van der Waals surface area contributed by atoms with E-state index in [4.69, 9.17) is 11.6 Å². The van der Waals surface area contributed by atoms with Crippen LogP contribution in [0.3, 0.4) is 0 Å². The molecule has 2 aromatic rings. The van der Waals surface area contributed by atoms with Gasteiger partial charge in [-0.1, -0.05) is 29.8 Å². The van der Waals surface area contributed by atoms with Crippen LogP contribution in [0.5, 0.6) is 0 Å². The Morgan fingerprint density at radius 1 is 1.14 bits per heavy atom. The summed E-state index contributed by atoms with van der Waals surface area (Å²) < 4.78 is 26.8. The van der Waals surface area contributed by atoms with Crippen LogP contribution in [0.4, 0.5) is 8.78 Å². The Bertz CT molecular complexity index is 938. The lowest BCUT2D eigenvalue weighted by Gasteiger charge is -2.34. The van der Waals surface area contributed by atoms with Gasteiger partial charge in [-0.05, 0) is 30.2 Å². The summed E-state index contributed by atoms with van der Waals surface area (Å²) in [4.78, 5) is 27.0. The molecule has 3 atom stereocenters. The summed E-state index contributed by atoms with van der Waals surface area (Å²) >= 11 is 5.89. The van der Waals surface area contributed by atoms with Crippen molar-refractivity contribution in [3.05, 3.63) is 70.2 Å². The van der Waals surface area contributed by atoms with E-state index in [1.807, 2.05) is 12.1 Å². The average molecular weight is 420 g/mol. The molecule has 2 aromatic carbocycles. The molecule has 2 saturated heterocycles. The molecule has 29 heavy (non-hydrogen) atoms. The molecular formula is C21H20ClF2N3O2. The molecular weight excluding hydrogens is 400 g/mol. The second kappa shape index (κ2) is 8.08. The van der Waals surface area contributed by atoms with E-state index >= 15 is 0 Å². The summed E-state index contributed by atoms with van der Waals surface area (Å²) in [5, 5.41) is 6.60. The van der Waals surface area contributed by atoms with E-state index in [0.29, 0.717) is 30.0 Å². The van der Waals surface area contributed by atoms with Crippen LogP contribution in [-0.2, 0) is 22.6 Å². The molecule has 2 aliphatic heterocycles. The highest BCUT2D eigenvalue weighted by molar-refractivity contribution is 6.30. The SMILES string of the molecule is O=C1N[C@@H](Cc2ccc(Cl)cc2)C(=O)N2C[C@@H](NCc3ccc(F)cc3F)C[C@@H]12. The average Bonchev–Trinajstić information content (AvgIpc) is 3.12. The van der Waals surface area contributed by atoms with Crippen LogP contribution in [0.2, 0.25) is 5.02 Å². The molecule has 5 nitrogen and oxygen atoms in total. The third-order valence-electron chi connectivity index (χ3n) is 5.45. The highest BCUT2D eigenvalue weighted by Crippen LogP contribution is 2.24. The summed E-state index contributed by atoms with van der Waals surface area (Å²) in [6, 6.07) is 9.31. The lowest BCUT2D eigenvalue weighted by atomic mass is 10.0. The summed E-state index contributed by atoms with van der Waals surface area (Å²) in [5.41, 5.74) is 1.25. The number of benzene rings is 2.